The Morgan fingerprint density at radius 2 is 2.12 bits per heavy atom. The Morgan fingerprint density at radius 3 is 2.78 bits per heavy atom. The topological polar surface area (TPSA) is 104 Å². The molecule has 1 aliphatic rings. The van der Waals surface area contributed by atoms with Crippen molar-refractivity contribution < 1.29 is 19.1 Å². The van der Waals surface area contributed by atoms with E-state index in [1.54, 1.807) is 4.90 Å². The van der Waals surface area contributed by atoms with Crippen molar-refractivity contribution in [1.82, 2.24) is 20.0 Å². The van der Waals surface area contributed by atoms with E-state index in [2.05, 4.69) is 20.4 Å². The molecule has 2 N–H and O–H groups in total. The highest BCUT2D eigenvalue weighted by Gasteiger charge is 2.29. The fourth-order valence-electron chi connectivity index (χ4n) is 3.70. The molecule has 2 atom stereocenters. The maximum Gasteiger partial charge on any atom is 0.410 e. The van der Waals surface area contributed by atoms with Crippen molar-refractivity contribution in [3.8, 4) is 0 Å². The Labute approximate surface area is 193 Å². The number of rotatable bonds is 7. The Bertz CT molecular complexity index is 935. The summed E-state index contributed by atoms with van der Waals surface area (Å²) in [6.07, 6.45) is -0.687. The van der Waals surface area contributed by atoms with Crippen LogP contribution in [0.5, 0.6) is 0 Å². The molecule has 1 fully saturated rings. The van der Waals surface area contributed by atoms with Gasteiger partial charge in [0.2, 0.25) is 5.89 Å². The predicted octanol–water partition coefficient (Wildman–Crippen LogP) is 4.27. The minimum atomic E-state index is -0.785. The molecular formula is C22H32ClN5O4. The van der Waals surface area contributed by atoms with Gasteiger partial charge < -0.3 is 24.5 Å². The number of ether oxygens (including phenoxy) is 1. The molecule has 2 aromatic rings. The van der Waals surface area contributed by atoms with Gasteiger partial charge in [-0.3, -0.25) is 4.90 Å². The Morgan fingerprint density at radius 1 is 1.38 bits per heavy atom. The third kappa shape index (κ3) is 5.90. The molecule has 0 saturated carbocycles. The van der Waals surface area contributed by atoms with Crippen LogP contribution in [0.2, 0.25) is 5.02 Å². The van der Waals surface area contributed by atoms with Crippen LogP contribution in [-0.4, -0.2) is 63.0 Å². The van der Waals surface area contributed by atoms with Crippen LogP contribution >= 0.6 is 11.6 Å². The second kappa shape index (κ2) is 10.5. The summed E-state index contributed by atoms with van der Waals surface area (Å²) in [6, 6.07) is 4.01. The van der Waals surface area contributed by atoms with Crippen molar-refractivity contribution in [2.45, 2.75) is 65.8 Å². The highest BCUT2D eigenvalue weighted by molar-refractivity contribution is 6.31. The van der Waals surface area contributed by atoms with E-state index in [0.29, 0.717) is 24.5 Å². The van der Waals surface area contributed by atoms with Crippen LogP contribution in [0.15, 0.2) is 16.5 Å². The molecule has 2 heterocycles. The molecule has 1 amide bonds. The zero-order valence-electron chi connectivity index (χ0n) is 19.3. The van der Waals surface area contributed by atoms with E-state index in [4.69, 9.17) is 20.8 Å². The number of nitrogens with zero attached hydrogens (tertiary/aromatic N) is 4. The van der Waals surface area contributed by atoms with Crippen LogP contribution in [0.25, 0.3) is 0 Å². The molecule has 0 aliphatic carbocycles. The largest absolute Gasteiger partial charge is 0.447 e. The van der Waals surface area contributed by atoms with Crippen molar-refractivity contribution in [3.05, 3.63) is 34.2 Å². The van der Waals surface area contributed by atoms with E-state index in [1.807, 2.05) is 46.8 Å². The molecule has 0 spiro atoms. The number of aromatic nitrogens is 2. The first-order valence-corrected chi connectivity index (χ1v) is 11.3. The van der Waals surface area contributed by atoms with Crippen LogP contribution < -0.4 is 5.32 Å². The van der Waals surface area contributed by atoms with E-state index in [9.17, 15) is 9.90 Å². The maximum atomic E-state index is 12.3. The molecule has 1 aliphatic heterocycles. The number of carbonyl (C=O) groups is 1. The van der Waals surface area contributed by atoms with Gasteiger partial charge in [0.1, 0.15) is 6.10 Å². The number of aliphatic hydroxyl groups is 1. The highest BCUT2D eigenvalue weighted by Crippen LogP contribution is 2.29. The molecule has 1 aromatic carbocycles. The zero-order valence-corrected chi connectivity index (χ0v) is 20.0. The van der Waals surface area contributed by atoms with Crippen molar-refractivity contribution in [2.75, 3.05) is 25.0 Å². The Kier molecular flexibility index (Phi) is 7.97. The van der Waals surface area contributed by atoms with Gasteiger partial charge in [0, 0.05) is 42.9 Å². The fourth-order valence-corrected chi connectivity index (χ4v) is 3.94. The lowest BCUT2D eigenvalue weighted by molar-refractivity contribution is 0.0349. The maximum absolute atomic E-state index is 12.3. The average molecular weight is 466 g/mol. The number of carbonyl (C=O) groups excluding carboxylic acids is 1. The summed E-state index contributed by atoms with van der Waals surface area (Å²) >= 11 is 6.39. The molecule has 9 nitrogen and oxygen atoms in total. The average Bonchev–Trinajstić information content (AvgIpc) is 3.19. The summed E-state index contributed by atoms with van der Waals surface area (Å²) < 4.78 is 10.9. The van der Waals surface area contributed by atoms with Crippen LogP contribution in [0, 0.1) is 6.92 Å². The lowest BCUT2D eigenvalue weighted by Crippen LogP contribution is -2.54. The van der Waals surface area contributed by atoms with Crippen LogP contribution in [0.4, 0.5) is 16.5 Å². The van der Waals surface area contributed by atoms with Gasteiger partial charge in [0.25, 0.3) is 0 Å². The molecule has 1 aromatic heterocycles. The minimum absolute atomic E-state index is 0.0499. The molecular weight excluding hydrogens is 434 g/mol. The second-order valence-corrected chi connectivity index (χ2v) is 8.88. The normalized spacial score (nSPS) is 18.1. The fraction of sp³-hybridized carbons (Fsp3) is 0.591. The first-order valence-electron chi connectivity index (χ1n) is 10.9. The molecule has 3 rings (SSSR count). The standard InChI is InChI=1S/C22H32ClN5O4/c1-6-19(29)20-25-26-21(32-20)24-18-10-17(23)9-16(15(18)5)12-27-7-8-28(14(4)11-27)22(30)31-13(2)3/h9-10,13-14,19,29H,6-8,11-12H2,1-5H3,(H,24,26)/t14-,19-/m0/s1. The summed E-state index contributed by atoms with van der Waals surface area (Å²) in [7, 11) is 0. The number of nitrogens with one attached hydrogen (secondary N) is 1. The molecule has 32 heavy (non-hydrogen) atoms. The smallest absolute Gasteiger partial charge is 0.410 e. The van der Waals surface area contributed by atoms with Gasteiger partial charge in [-0.2, -0.15) is 0 Å². The molecule has 0 unspecified atom stereocenters. The monoisotopic (exact) mass is 465 g/mol. The molecule has 0 radical (unpaired) electrons. The molecule has 176 valence electrons. The second-order valence-electron chi connectivity index (χ2n) is 8.44. The van der Waals surface area contributed by atoms with Crippen LogP contribution in [0.1, 0.15) is 57.2 Å². The Balaban J connectivity index is 1.68. The highest BCUT2D eigenvalue weighted by atomic mass is 35.5. The van der Waals surface area contributed by atoms with Gasteiger partial charge >= 0.3 is 12.1 Å². The third-order valence-corrected chi connectivity index (χ3v) is 5.73. The lowest BCUT2D eigenvalue weighted by Gasteiger charge is -2.39. The number of benzene rings is 1. The van der Waals surface area contributed by atoms with E-state index in [1.165, 1.54) is 0 Å². The van der Waals surface area contributed by atoms with Gasteiger partial charge in [0.15, 0.2) is 0 Å². The summed E-state index contributed by atoms with van der Waals surface area (Å²) in [6.45, 7) is 12.4. The number of aliphatic hydroxyl groups excluding tert-OH is 1. The van der Waals surface area contributed by atoms with Crippen molar-refractivity contribution in [1.29, 1.82) is 0 Å². The number of hydrogen-bond donors (Lipinski definition) is 2. The van der Waals surface area contributed by atoms with E-state index in [-0.39, 0.29) is 30.1 Å². The van der Waals surface area contributed by atoms with Gasteiger partial charge in [-0.05, 0) is 57.4 Å². The summed E-state index contributed by atoms with van der Waals surface area (Å²) in [4.78, 5) is 16.4. The van der Waals surface area contributed by atoms with Gasteiger partial charge in [-0.15, -0.1) is 5.10 Å². The van der Waals surface area contributed by atoms with E-state index in [0.717, 1.165) is 29.9 Å². The first kappa shape index (κ1) is 24.3. The molecule has 0 bridgehead atoms. The van der Waals surface area contributed by atoms with Crippen LogP contribution in [0.3, 0.4) is 0 Å². The number of piperazine rings is 1. The number of halogens is 1. The van der Waals surface area contributed by atoms with Gasteiger partial charge in [0.05, 0.1) is 6.10 Å². The third-order valence-electron chi connectivity index (χ3n) is 5.51. The van der Waals surface area contributed by atoms with Gasteiger partial charge in [-0.25, -0.2) is 4.79 Å². The zero-order chi connectivity index (χ0) is 23.4. The van der Waals surface area contributed by atoms with Crippen LogP contribution in [-0.2, 0) is 11.3 Å². The summed E-state index contributed by atoms with van der Waals surface area (Å²) in [5, 5.41) is 21.4. The predicted molar refractivity (Wildman–Crippen MR) is 122 cm³/mol. The van der Waals surface area contributed by atoms with Gasteiger partial charge in [-0.1, -0.05) is 23.6 Å². The molecule has 1 saturated heterocycles. The SMILES string of the molecule is CC[C@H](O)c1nnc(Nc2cc(Cl)cc(CN3CCN(C(=O)OC(C)C)[C@@H](C)C3)c2C)o1. The van der Waals surface area contributed by atoms with Crippen molar-refractivity contribution >= 4 is 29.4 Å². The minimum Gasteiger partial charge on any atom is -0.447 e. The molecule has 10 heteroatoms. The lowest BCUT2D eigenvalue weighted by atomic mass is 10.0. The Hall–Kier alpha value is -2.36. The van der Waals surface area contributed by atoms with E-state index < -0.39 is 6.10 Å². The van der Waals surface area contributed by atoms with Crippen molar-refractivity contribution in [3.63, 3.8) is 0 Å². The number of amides is 1. The first-order chi connectivity index (χ1) is 15.2. The number of anilines is 2. The quantitative estimate of drug-likeness (QED) is 0.624. The summed E-state index contributed by atoms with van der Waals surface area (Å²) in [5.74, 6) is 0.178. The van der Waals surface area contributed by atoms with E-state index >= 15 is 0 Å². The number of hydrogen-bond acceptors (Lipinski definition) is 8. The van der Waals surface area contributed by atoms with Crippen molar-refractivity contribution in [2.24, 2.45) is 0 Å². The summed E-state index contributed by atoms with van der Waals surface area (Å²) in [5.41, 5.74) is 2.85.